The second kappa shape index (κ2) is 10.8. The Hall–Kier alpha value is -2.08. The van der Waals surface area contributed by atoms with Gasteiger partial charge in [-0.3, -0.25) is 14.5 Å². The molecule has 160 valence electrons. The number of amides is 1. The lowest BCUT2D eigenvalue weighted by Gasteiger charge is -2.32. The first-order valence-electron chi connectivity index (χ1n) is 10.1. The fourth-order valence-electron chi connectivity index (χ4n) is 3.48. The number of ether oxygens (including phenoxy) is 1. The van der Waals surface area contributed by atoms with Gasteiger partial charge in [0.25, 0.3) is 0 Å². The summed E-state index contributed by atoms with van der Waals surface area (Å²) in [5.41, 5.74) is 1.78. The molecule has 1 aliphatic heterocycles. The molecule has 3 rings (SSSR count). The average Bonchev–Trinajstić information content (AvgIpc) is 2.72. The zero-order valence-electron chi connectivity index (χ0n) is 17.0. The molecule has 1 N–H and O–H groups in total. The predicted octanol–water partition coefficient (Wildman–Crippen LogP) is 4.75. The highest BCUT2D eigenvalue weighted by molar-refractivity contribution is 6.42. The Labute approximate surface area is 187 Å². The minimum absolute atomic E-state index is 0.00158. The van der Waals surface area contributed by atoms with Crippen molar-refractivity contribution in [1.29, 1.82) is 0 Å². The number of carbonyl (C=O) groups excluding carboxylic acids is 2. The van der Waals surface area contributed by atoms with Crippen LogP contribution in [-0.2, 0) is 11.3 Å². The van der Waals surface area contributed by atoms with Crippen molar-refractivity contribution in [3.63, 3.8) is 0 Å². The Balaban J connectivity index is 1.34. The molecule has 0 saturated carbocycles. The second-order valence-corrected chi connectivity index (χ2v) is 8.36. The first-order valence-corrected chi connectivity index (χ1v) is 10.9. The summed E-state index contributed by atoms with van der Waals surface area (Å²) in [5.74, 6) is 0.672. The van der Waals surface area contributed by atoms with Gasteiger partial charge in [0.05, 0.1) is 23.1 Å². The van der Waals surface area contributed by atoms with Gasteiger partial charge < -0.3 is 10.1 Å². The van der Waals surface area contributed by atoms with E-state index in [1.54, 1.807) is 24.3 Å². The molecule has 1 saturated heterocycles. The van der Waals surface area contributed by atoms with Crippen LogP contribution in [0, 0.1) is 0 Å². The van der Waals surface area contributed by atoms with Crippen LogP contribution in [0.25, 0.3) is 0 Å². The normalized spacial score (nSPS) is 15.0. The van der Waals surface area contributed by atoms with Crippen molar-refractivity contribution in [1.82, 2.24) is 10.2 Å². The number of benzene rings is 2. The second-order valence-electron chi connectivity index (χ2n) is 7.55. The van der Waals surface area contributed by atoms with Gasteiger partial charge in [0.1, 0.15) is 5.75 Å². The van der Waals surface area contributed by atoms with E-state index < -0.39 is 0 Å². The number of carbonyl (C=O) groups is 2. The Morgan fingerprint density at radius 2 is 1.77 bits per heavy atom. The standard InChI is InChI=1S/C23H26Cl2N2O3/c1-16(28)18-3-5-20(6-4-18)30-13-10-23(29)26-19-8-11-27(12-9-19)15-17-2-7-21(24)22(25)14-17/h2-7,14,19H,8-13,15H2,1H3,(H,26,29). The highest BCUT2D eigenvalue weighted by Gasteiger charge is 2.20. The van der Waals surface area contributed by atoms with E-state index in [2.05, 4.69) is 10.2 Å². The van der Waals surface area contributed by atoms with Crippen LogP contribution in [0.3, 0.4) is 0 Å². The third-order valence-electron chi connectivity index (χ3n) is 5.20. The summed E-state index contributed by atoms with van der Waals surface area (Å²) in [6.45, 7) is 4.50. The molecule has 1 heterocycles. The summed E-state index contributed by atoms with van der Waals surface area (Å²) < 4.78 is 5.60. The number of Topliss-reactive ketones (excluding diaryl/α,β-unsaturated/α-hetero) is 1. The molecule has 2 aromatic rings. The predicted molar refractivity (Wildman–Crippen MR) is 119 cm³/mol. The van der Waals surface area contributed by atoms with Crippen LogP contribution < -0.4 is 10.1 Å². The molecule has 7 heteroatoms. The van der Waals surface area contributed by atoms with Crippen molar-refractivity contribution >= 4 is 34.9 Å². The van der Waals surface area contributed by atoms with Crippen LogP contribution in [0.4, 0.5) is 0 Å². The quantitative estimate of drug-likeness (QED) is 0.592. The summed E-state index contributed by atoms with van der Waals surface area (Å²) in [6.07, 6.45) is 2.14. The van der Waals surface area contributed by atoms with E-state index >= 15 is 0 Å². The largest absolute Gasteiger partial charge is 0.493 e. The molecule has 0 aliphatic carbocycles. The number of piperidine rings is 1. The van der Waals surface area contributed by atoms with Gasteiger partial charge in [-0.2, -0.15) is 0 Å². The Kier molecular flexibility index (Phi) is 8.14. The fraction of sp³-hybridized carbons (Fsp3) is 0.391. The number of ketones is 1. The maximum absolute atomic E-state index is 12.2. The Morgan fingerprint density at radius 3 is 2.40 bits per heavy atom. The van der Waals surface area contributed by atoms with E-state index in [1.165, 1.54) is 6.92 Å². The topological polar surface area (TPSA) is 58.6 Å². The molecule has 1 amide bonds. The van der Waals surface area contributed by atoms with Crippen molar-refractivity contribution in [3.05, 3.63) is 63.6 Å². The molecule has 0 aromatic heterocycles. The molecule has 5 nitrogen and oxygen atoms in total. The Bertz CT molecular complexity index is 879. The molecule has 0 spiro atoms. The number of halogens is 2. The van der Waals surface area contributed by atoms with Crippen LogP contribution >= 0.6 is 23.2 Å². The maximum atomic E-state index is 12.2. The summed E-state index contributed by atoms with van der Waals surface area (Å²) >= 11 is 12.1. The molecule has 1 aliphatic rings. The van der Waals surface area contributed by atoms with E-state index in [9.17, 15) is 9.59 Å². The smallest absolute Gasteiger partial charge is 0.223 e. The van der Waals surface area contributed by atoms with Crippen LogP contribution in [-0.4, -0.2) is 42.3 Å². The minimum atomic E-state index is -0.00158. The van der Waals surface area contributed by atoms with Gasteiger partial charge in [-0.25, -0.2) is 0 Å². The lowest BCUT2D eigenvalue weighted by molar-refractivity contribution is -0.122. The van der Waals surface area contributed by atoms with Gasteiger partial charge in [-0.05, 0) is 61.7 Å². The highest BCUT2D eigenvalue weighted by Crippen LogP contribution is 2.24. The molecule has 0 radical (unpaired) electrons. The Morgan fingerprint density at radius 1 is 1.07 bits per heavy atom. The van der Waals surface area contributed by atoms with Gasteiger partial charge in [0.15, 0.2) is 5.78 Å². The highest BCUT2D eigenvalue weighted by atomic mass is 35.5. The number of nitrogens with zero attached hydrogens (tertiary/aromatic N) is 1. The molecular formula is C23H26Cl2N2O3. The third kappa shape index (κ3) is 6.73. The van der Waals surface area contributed by atoms with Gasteiger partial charge in [0.2, 0.25) is 5.91 Å². The summed E-state index contributed by atoms with van der Waals surface area (Å²) in [7, 11) is 0. The van der Waals surface area contributed by atoms with Crippen LogP contribution in [0.5, 0.6) is 5.75 Å². The number of rotatable bonds is 8. The van der Waals surface area contributed by atoms with Crippen molar-refractivity contribution in [3.8, 4) is 5.75 Å². The average molecular weight is 449 g/mol. The lowest BCUT2D eigenvalue weighted by Crippen LogP contribution is -2.44. The van der Waals surface area contributed by atoms with Gasteiger partial charge in [-0.15, -0.1) is 0 Å². The van der Waals surface area contributed by atoms with Crippen LogP contribution in [0.2, 0.25) is 10.0 Å². The summed E-state index contributed by atoms with van der Waals surface area (Å²) in [4.78, 5) is 25.8. The minimum Gasteiger partial charge on any atom is -0.493 e. The van der Waals surface area contributed by atoms with Crippen LogP contribution in [0.1, 0.15) is 42.1 Å². The monoisotopic (exact) mass is 448 g/mol. The SMILES string of the molecule is CC(=O)c1ccc(OCCC(=O)NC2CCN(Cc3ccc(Cl)c(Cl)c3)CC2)cc1. The van der Waals surface area contributed by atoms with Crippen LogP contribution in [0.15, 0.2) is 42.5 Å². The zero-order chi connectivity index (χ0) is 21.5. The molecule has 0 atom stereocenters. The molecule has 0 bridgehead atoms. The fourth-order valence-corrected chi connectivity index (χ4v) is 3.80. The van der Waals surface area contributed by atoms with Gasteiger partial charge in [-0.1, -0.05) is 29.3 Å². The van der Waals surface area contributed by atoms with E-state index in [0.717, 1.165) is 38.0 Å². The third-order valence-corrected chi connectivity index (χ3v) is 5.94. The van der Waals surface area contributed by atoms with Gasteiger partial charge in [0, 0.05) is 31.2 Å². The molecule has 30 heavy (non-hydrogen) atoms. The van der Waals surface area contributed by atoms with Crippen molar-refractivity contribution in [2.24, 2.45) is 0 Å². The van der Waals surface area contributed by atoms with E-state index in [1.807, 2.05) is 18.2 Å². The lowest BCUT2D eigenvalue weighted by atomic mass is 10.0. The molecule has 1 fully saturated rings. The number of hydrogen-bond donors (Lipinski definition) is 1. The van der Waals surface area contributed by atoms with Crippen molar-refractivity contribution < 1.29 is 14.3 Å². The maximum Gasteiger partial charge on any atom is 0.223 e. The zero-order valence-corrected chi connectivity index (χ0v) is 18.5. The molecule has 2 aromatic carbocycles. The number of likely N-dealkylation sites (tertiary alicyclic amines) is 1. The van der Waals surface area contributed by atoms with Crippen molar-refractivity contribution in [2.75, 3.05) is 19.7 Å². The molecular weight excluding hydrogens is 423 g/mol. The van der Waals surface area contributed by atoms with Crippen molar-refractivity contribution in [2.45, 2.75) is 38.8 Å². The van der Waals surface area contributed by atoms with Gasteiger partial charge >= 0.3 is 0 Å². The number of nitrogens with one attached hydrogen (secondary N) is 1. The van der Waals surface area contributed by atoms with E-state index in [-0.39, 0.29) is 17.7 Å². The first-order chi connectivity index (χ1) is 14.4. The van der Waals surface area contributed by atoms with E-state index in [0.29, 0.717) is 34.4 Å². The summed E-state index contributed by atoms with van der Waals surface area (Å²) in [6, 6.07) is 12.9. The van der Waals surface area contributed by atoms with E-state index in [4.69, 9.17) is 27.9 Å². The molecule has 0 unspecified atom stereocenters. The summed E-state index contributed by atoms with van der Waals surface area (Å²) in [5, 5.41) is 4.25. The first kappa shape index (κ1) is 22.6. The number of hydrogen-bond acceptors (Lipinski definition) is 4.